The summed E-state index contributed by atoms with van der Waals surface area (Å²) in [6.45, 7) is 3.38. The first-order chi connectivity index (χ1) is 12.2. The van der Waals surface area contributed by atoms with Crippen molar-refractivity contribution in [2.24, 2.45) is 0 Å². The van der Waals surface area contributed by atoms with Crippen LogP contribution in [0.4, 0.5) is 5.69 Å². The van der Waals surface area contributed by atoms with E-state index < -0.39 is 0 Å². The van der Waals surface area contributed by atoms with E-state index in [0.717, 1.165) is 22.7 Å². The van der Waals surface area contributed by atoms with Gasteiger partial charge in [-0.2, -0.15) is 0 Å². The number of carbonyl (C=O) groups excluding carboxylic acids is 1. The van der Waals surface area contributed by atoms with Gasteiger partial charge in [0.15, 0.2) is 11.5 Å². The van der Waals surface area contributed by atoms with E-state index in [1.165, 1.54) is 0 Å². The average Bonchev–Trinajstić information content (AvgIpc) is 2.66. The molecule has 2 aromatic carbocycles. The van der Waals surface area contributed by atoms with Crippen LogP contribution in [0, 0.1) is 0 Å². The van der Waals surface area contributed by atoms with Crippen LogP contribution in [0.2, 0.25) is 0 Å². The zero-order valence-electron chi connectivity index (χ0n) is 14.4. The first-order valence-electron chi connectivity index (χ1n) is 8.22. The lowest BCUT2D eigenvalue weighted by Gasteiger charge is -2.20. The zero-order valence-corrected chi connectivity index (χ0v) is 14.4. The van der Waals surface area contributed by atoms with Crippen LogP contribution < -0.4 is 24.8 Å². The minimum Gasteiger partial charge on any atom is -0.497 e. The van der Waals surface area contributed by atoms with Crippen LogP contribution in [0.25, 0.3) is 0 Å². The summed E-state index contributed by atoms with van der Waals surface area (Å²) in [5.41, 5.74) is 1.83. The van der Waals surface area contributed by atoms with E-state index >= 15 is 0 Å². The minimum absolute atomic E-state index is 0.0780. The fraction of sp³-hybridized carbons (Fsp3) is 0.316. The smallest absolute Gasteiger partial charge is 0.242 e. The van der Waals surface area contributed by atoms with Crippen molar-refractivity contribution in [3.63, 3.8) is 0 Å². The van der Waals surface area contributed by atoms with Crippen molar-refractivity contribution in [3.05, 3.63) is 48.0 Å². The number of fused-ring (bicyclic) bond motifs is 1. The second-order valence-electron chi connectivity index (χ2n) is 5.79. The molecule has 0 spiro atoms. The second-order valence-corrected chi connectivity index (χ2v) is 5.79. The first-order valence-corrected chi connectivity index (χ1v) is 8.22. The van der Waals surface area contributed by atoms with E-state index in [-0.39, 0.29) is 11.9 Å². The van der Waals surface area contributed by atoms with Gasteiger partial charge in [-0.15, -0.1) is 0 Å². The number of nitrogens with one attached hydrogen (secondary N) is 2. The number of anilines is 1. The van der Waals surface area contributed by atoms with Crippen molar-refractivity contribution in [3.8, 4) is 17.2 Å². The molecule has 0 saturated heterocycles. The molecule has 132 valence electrons. The quantitative estimate of drug-likeness (QED) is 0.844. The van der Waals surface area contributed by atoms with Gasteiger partial charge in [0.2, 0.25) is 5.91 Å². The molecular formula is C19H22N2O4. The van der Waals surface area contributed by atoms with Gasteiger partial charge >= 0.3 is 0 Å². The van der Waals surface area contributed by atoms with E-state index in [2.05, 4.69) is 10.6 Å². The van der Waals surface area contributed by atoms with Crippen LogP contribution in [-0.4, -0.2) is 32.3 Å². The van der Waals surface area contributed by atoms with Crippen molar-refractivity contribution in [1.29, 1.82) is 0 Å². The Bertz CT molecular complexity index is 731. The molecule has 0 aliphatic carbocycles. The van der Waals surface area contributed by atoms with Gasteiger partial charge in [-0.3, -0.25) is 4.79 Å². The predicted molar refractivity (Wildman–Crippen MR) is 95.4 cm³/mol. The zero-order chi connectivity index (χ0) is 17.6. The predicted octanol–water partition coefficient (Wildman–Crippen LogP) is 2.58. The summed E-state index contributed by atoms with van der Waals surface area (Å²) in [4.78, 5) is 12.3. The first kappa shape index (κ1) is 17.0. The summed E-state index contributed by atoms with van der Waals surface area (Å²) < 4.78 is 16.2. The number of benzene rings is 2. The maximum absolute atomic E-state index is 12.3. The van der Waals surface area contributed by atoms with Crippen LogP contribution >= 0.6 is 0 Å². The molecule has 1 atom stereocenters. The molecule has 1 aliphatic rings. The molecule has 0 fully saturated rings. The molecule has 1 amide bonds. The van der Waals surface area contributed by atoms with Crippen LogP contribution in [0.3, 0.4) is 0 Å². The fourth-order valence-corrected chi connectivity index (χ4v) is 2.53. The van der Waals surface area contributed by atoms with Gasteiger partial charge < -0.3 is 24.8 Å². The molecular weight excluding hydrogens is 320 g/mol. The summed E-state index contributed by atoms with van der Waals surface area (Å²) in [6.07, 6.45) is 0. The number of hydrogen-bond acceptors (Lipinski definition) is 5. The number of rotatable bonds is 6. The molecule has 0 bridgehead atoms. The molecule has 0 unspecified atom stereocenters. The molecule has 2 N–H and O–H groups in total. The summed E-state index contributed by atoms with van der Waals surface area (Å²) in [6, 6.07) is 12.8. The third kappa shape index (κ3) is 4.35. The summed E-state index contributed by atoms with van der Waals surface area (Å²) >= 11 is 0. The van der Waals surface area contributed by atoms with Gasteiger partial charge in [0.25, 0.3) is 0 Å². The van der Waals surface area contributed by atoms with Crippen LogP contribution in [0.5, 0.6) is 17.2 Å². The Labute approximate surface area is 147 Å². The number of carbonyl (C=O) groups is 1. The SMILES string of the molecule is COc1ccc(CNC(=O)[C@@H](C)Nc2ccc3c(c2)OCCO3)cc1. The Balaban J connectivity index is 1.53. The van der Waals surface area contributed by atoms with Crippen LogP contribution in [-0.2, 0) is 11.3 Å². The van der Waals surface area contributed by atoms with E-state index in [1.54, 1.807) is 7.11 Å². The summed E-state index contributed by atoms with van der Waals surface area (Å²) in [5.74, 6) is 2.14. The summed E-state index contributed by atoms with van der Waals surface area (Å²) in [7, 11) is 1.63. The van der Waals surface area contributed by atoms with Crippen molar-refractivity contribution in [2.45, 2.75) is 19.5 Å². The van der Waals surface area contributed by atoms with Gasteiger partial charge in [0, 0.05) is 18.3 Å². The van der Waals surface area contributed by atoms with Crippen molar-refractivity contribution in [1.82, 2.24) is 5.32 Å². The summed E-state index contributed by atoms with van der Waals surface area (Å²) in [5, 5.41) is 6.10. The van der Waals surface area contributed by atoms with E-state index in [4.69, 9.17) is 14.2 Å². The standard InChI is InChI=1S/C19H22N2O4/c1-13(19(22)20-12-14-3-6-16(23-2)7-4-14)21-15-5-8-17-18(11-15)25-10-9-24-17/h3-8,11,13,21H,9-10,12H2,1-2H3,(H,20,22)/t13-/m1/s1. The molecule has 0 radical (unpaired) electrons. The molecule has 1 aliphatic heterocycles. The van der Waals surface area contributed by atoms with E-state index in [0.29, 0.717) is 25.5 Å². The highest BCUT2D eigenvalue weighted by molar-refractivity contribution is 5.84. The van der Waals surface area contributed by atoms with Crippen LogP contribution in [0.15, 0.2) is 42.5 Å². The Morgan fingerprint density at radius 3 is 2.56 bits per heavy atom. The van der Waals surface area contributed by atoms with Gasteiger partial charge in [0.1, 0.15) is 25.0 Å². The van der Waals surface area contributed by atoms with Gasteiger partial charge in [-0.25, -0.2) is 0 Å². The molecule has 25 heavy (non-hydrogen) atoms. The molecule has 6 nitrogen and oxygen atoms in total. The largest absolute Gasteiger partial charge is 0.497 e. The van der Waals surface area contributed by atoms with E-state index in [9.17, 15) is 4.79 Å². The Morgan fingerprint density at radius 1 is 1.12 bits per heavy atom. The average molecular weight is 342 g/mol. The lowest BCUT2D eigenvalue weighted by Crippen LogP contribution is -2.37. The van der Waals surface area contributed by atoms with Crippen molar-refractivity contribution in [2.75, 3.05) is 25.6 Å². The second kappa shape index (κ2) is 7.79. The highest BCUT2D eigenvalue weighted by Crippen LogP contribution is 2.32. The number of ether oxygens (including phenoxy) is 3. The van der Waals surface area contributed by atoms with E-state index in [1.807, 2.05) is 49.4 Å². The molecule has 6 heteroatoms. The lowest BCUT2D eigenvalue weighted by molar-refractivity contribution is -0.121. The van der Waals surface area contributed by atoms with Crippen molar-refractivity contribution < 1.29 is 19.0 Å². The fourth-order valence-electron chi connectivity index (χ4n) is 2.53. The van der Waals surface area contributed by atoms with Gasteiger partial charge in [0.05, 0.1) is 7.11 Å². The molecule has 1 heterocycles. The Hall–Kier alpha value is -2.89. The number of methoxy groups -OCH3 is 1. The maximum atomic E-state index is 12.3. The Morgan fingerprint density at radius 2 is 1.84 bits per heavy atom. The highest BCUT2D eigenvalue weighted by atomic mass is 16.6. The highest BCUT2D eigenvalue weighted by Gasteiger charge is 2.15. The molecule has 0 saturated carbocycles. The molecule has 0 aromatic heterocycles. The monoisotopic (exact) mass is 342 g/mol. The van der Waals surface area contributed by atoms with Gasteiger partial charge in [-0.05, 0) is 36.8 Å². The van der Waals surface area contributed by atoms with Crippen LogP contribution in [0.1, 0.15) is 12.5 Å². The topological polar surface area (TPSA) is 68.8 Å². The number of hydrogen-bond donors (Lipinski definition) is 2. The third-order valence-electron chi connectivity index (χ3n) is 3.94. The lowest BCUT2D eigenvalue weighted by atomic mass is 10.2. The van der Waals surface area contributed by atoms with Crippen molar-refractivity contribution >= 4 is 11.6 Å². The minimum atomic E-state index is -0.374. The Kier molecular flexibility index (Phi) is 5.28. The third-order valence-corrected chi connectivity index (χ3v) is 3.94. The van der Waals surface area contributed by atoms with Gasteiger partial charge in [-0.1, -0.05) is 12.1 Å². The molecule has 3 rings (SSSR count). The molecule has 2 aromatic rings. The number of amides is 1. The maximum Gasteiger partial charge on any atom is 0.242 e. The normalized spacial score (nSPS) is 13.7.